The highest BCUT2D eigenvalue weighted by atomic mass is 32.2. The van der Waals surface area contributed by atoms with E-state index < -0.39 is 9.84 Å². The normalized spacial score (nSPS) is 18.8. The lowest BCUT2D eigenvalue weighted by molar-refractivity contribution is 0.0861. The quantitative estimate of drug-likeness (QED) is 0.522. The van der Waals surface area contributed by atoms with Crippen LogP contribution in [-0.4, -0.2) is 55.4 Å². The summed E-state index contributed by atoms with van der Waals surface area (Å²) in [6.07, 6.45) is 7.77. The van der Waals surface area contributed by atoms with Crippen molar-refractivity contribution in [3.63, 3.8) is 0 Å². The summed E-state index contributed by atoms with van der Waals surface area (Å²) in [7, 11) is -1.58. The van der Waals surface area contributed by atoms with Gasteiger partial charge in [0.25, 0.3) is 0 Å². The fourth-order valence-corrected chi connectivity index (χ4v) is 5.48. The van der Waals surface area contributed by atoms with E-state index in [-0.39, 0.29) is 10.9 Å². The number of sulfone groups is 1. The first kappa shape index (κ1) is 23.4. The van der Waals surface area contributed by atoms with Crippen LogP contribution in [0.25, 0.3) is 0 Å². The Morgan fingerprint density at radius 2 is 2.11 bits per heavy atom. The van der Waals surface area contributed by atoms with E-state index in [0.717, 1.165) is 64.2 Å². The predicted octanol–water partition coefficient (Wildman–Crippen LogP) is 3.75. The van der Waals surface area contributed by atoms with E-state index in [1.165, 1.54) is 6.42 Å². The van der Waals surface area contributed by atoms with Gasteiger partial charge in [-0.3, -0.25) is 4.90 Å². The Morgan fingerprint density at radius 1 is 1.32 bits per heavy atom. The van der Waals surface area contributed by atoms with Gasteiger partial charge in [-0.2, -0.15) is 0 Å². The molecule has 2 heterocycles. The molecule has 0 N–H and O–H groups in total. The summed E-state index contributed by atoms with van der Waals surface area (Å²) < 4.78 is 33.2. The lowest BCUT2D eigenvalue weighted by atomic mass is 9.99. The van der Waals surface area contributed by atoms with Gasteiger partial charge in [-0.05, 0) is 50.5 Å². The molecule has 0 saturated carbocycles. The smallest absolute Gasteiger partial charge is 0.227 e. The van der Waals surface area contributed by atoms with Crippen LogP contribution < -0.4 is 0 Å². The number of methoxy groups -OCH3 is 1. The first-order chi connectivity index (χ1) is 13.4. The molecule has 1 aliphatic heterocycles. The summed E-state index contributed by atoms with van der Waals surface area (Å²) in [5.74, 6) is 1.27. The van der Waals surface area contributed by atoms with E-state index in [9.17, 15) is 8.42 Å². The van der Waals surface area contributed by atoms with Crippen LogP contribution in [0.4, 0.5) is 0 Å². The molecule has 0 aromatic carbocycles. The van der Waals surface area contributed by atoms with Gasteiger partial charge in [-0.25, -0.2) is 13.4 Å². The average Bonchev–Trinajstić information content (AvgIpc) is 3.03. The van der Waals surface area contributed by atoms with Crippen molar-refractivity contribution in [3.05, 3.63) is 11.9 Å². The maximum absolute atomic E-state index is 12.9. The molecule has 0 bridgehead atoms. The highest BCUT2D eigenvalue weighted by Gasteiger charge is 2.25. The van der Waals surface area contributed by atoms with Crippen molar-refractivity contribution in [2.45, 2.75) is 77.5 Å². The Kier molecular flexibility index (Phi) is 9.44. The van der Waals surface area contributed by atoms with Gasteiger partial charge in [0, 0.05) is 26.7 Å². The molecule has 0 unspecified atom stereocenters. The molecule has 1 aromatic heterocycles. The van der Waals surface area contributed by atoms with Crippen LogP contribution in [0, 0.1) is 11.8 Å². The first-order valence-corrected chi connectivity index (χ1v) is 12.5. The van der Waals surface area contributed by atoms with E-state index in [4.69, 9.17) is 4.74 Å². The van der Waals surface area contributed by atoms with Crippen LogP contribution in [-0.2, 0) is 27.7 Å². The van der Waals surface area contributed by atoms with E-state index >= 15 is 0 Å². The third-order valence-corrected chi connectivity index (χ3v) is 7.21. The first-order valence-electron chi connectivity index (χ1n) is 10.9. The Bertz CT molecular complexity index is 683. The zero-order valence-electron chi connectivity index (χ0n) is 18.2. The maximum atomic E-state index is 12.9. The number of hydrogen-bond donors (Lipinski definition) is 0. The second kappa shape index (κ2) is 11.3. The number of aromatic nitrogens is 2. The lowest BCUT2D eigenvalue weighted by Gasteiger charge is -2.32. The van der Waals surface area contributed by atoms with Crippen molar-refractivity contribution in [1.82, 2.24) is 14.5 Å². The van der Waals surface area contributed by atoms with Gasteiger partial charge in [0.05, 0.1) is 24.3 Å². The van der Waals surface area contributed by atoms with E-state index in [0.29, 0.717) is 18.3 Å². The summed E-state index contributed by atoms with van der Waals surface area (Å²) in [6, 6.07) is 0. The highest BCUT2D eigenvalue weighted by Crippen LogP contribution is 2.22. The van der Waals surface area contributed by atoms with Crippen LogP contribution in [0.1, 0.15) is 65.0 Å². The van der Waals surface area contributed by atoms with Crippen molar-refractivity contribution in [2.75, 3.05) is 32.6 Å². The minimum absolute atomic E-state index is 0.188. The molecule has 162 valence electrons. The number of likely N-dealkylation sites (tertiary alicyclic amines) is 1. The average molecular weight is 414 g/mol. The minimum Gasteiger partial charge on any atom is -0.384 e. The molecule has 7 heteroatoms. The van der Waals surface area contributed by atoms with E-state index in [1.807, 2.05) is 4.57 Å². The number of ether oxygens (including phenoxy) is 1. The third kappa shape index (κ3) is 6.85. The van der Waals surface area contributed by atoms with Crippen molar-refractivity contribution in [2.24, 2.45) is 11.8 Å². The third-order valence-electron chi connectivity index (χ3n) is 5.50. The van der Waals surface area contributed by atoms with Crippen LogP contribution in [0.3, 0.4) is 0 Å². The second-order valence-electron chi connectivity index (χ2n) is 8.59. The van der Waals surface area contributed by atoms with Crippen LogP contribution in [0.5, 0.6) is 0 Å². The predicted molar refractivity (Wildman–Crippen MR) is 113 cm³/mol. The number of rotatable bonds is 12. The zero-order chi connectivity index (χ0) is 20.6. The van der Waals surface area contributed by atoms with Gasteiger partial charge in [0.1, 0.15) is 0 Å². The number of nitrogens with zero attached hydrogens (tertiary/aromatic N) is 3. The molecule has 28 heavy (non-hydrogen) atoms. The molecule has 0 radical (unpaired) electrons. The maximum Gasteiger partial charge on any atom is 0.227 e. The Labute approximate surface area is 171 Å². The SMILES string of the molecule is CCCCn1c(CN2CCC[C@@H](COC)C2)cnc1S(=O)(=O)CCCC(C)C. The fourth-order valence-electron chi connectivity index (χ4n) is 3.99. The van der Waals surface area contributed by atoms with E-state index in [2.05, 4.69) is 30.7 Å². The second-order valence-corrected chi connectivity index (χ2v) is 10.6. The van der Waals surface area contributed by atoms with Crippen LogP contribution >= 0.6 is 0 Å². The Hall–Kier alpha value is -0.920. The molecule has 0 aliphatic carbocycles. The summed E-state index contributed by atoms with van der Waals surface area (Å²) in [6.45, 7) is 10.7. The molecular weight excluding hydrogens is 374 g/mol. The number of unbranched alkanes of at least 4 members (excludes halogenated alkanes) is 1. The van der Waals surface area contributed by atoms with Crippen molar-refractivity contribution < 1.29 is 13.2 Å². The topological polar surface area (TPSA) is 64.4 Å². The summed E-state index contributed by atoms with van der Waals surface area (Å²) >= 11 is 0. The van der Waals surface area contributed by atoms with Crippen molar-refractivity contribution >= 4 is 9.84 Å². The van der Waals surface area contributed by atoms with E-state index in [1.54, 1.807) is 13.3 Å². The molecule has 2 rings (SSSR count). The van der Waals surface area contributed by atoms with Gasteiger partial charge < -0.3 is 9.30 Å². The van der Waals surface area contributed by atoms with Gasteiger partial charge in [-0.1, -0.05) is 27.2 Å². The highest BCUT2D eigenvalue weighted by molar-refractivity contribution is 7.91. The number of hydrogen-bond acceptors (Lipinski definition) is 5. The monoisotopic (exact) mass is 413 g/mol. The molecule has 6 nitrogen and oxygen atoms in total. The molecule has 1 atom stereocenters. The summed E-state index contributed by atoms with van der Waals surface area (Å²) in [4.78, 5) is 6.80. The van der Waals surface area contributed by atoms with Crippen molar-refractivity contribution in [3.8, 4) is 0 Å². The summed E-state index contributed by atoms with van der Waals surface area (Å²) in [5.41, 5.74) is 1.02. The summed E-state index contributed by atoms with van der Waals surface area (Å²) in [5, 5.41) is 0.269. The molecule has 1 saturated heterocycles. The van der Waals surface area contributed by atoms with Gasteiger partial charge in [-0.15, -0.1) is 0 Å². The number of imidazole rings is 1. The fraction of sp³-hybridized carbons (Fsp3) is 0.857. The zero-order valence-corrected chi connectivity index (χ0v) is 19.0. The standard InChI is InChI=1S/C21H39N3O3S/c1-5-6-12-24-20(16-23-11-7-10-19(15-23)17-27-4)14-22-21(24)28(25,26)13-8-9-18(2)3/h14,18-19H,5-13,15-17H2,1-4H3/t19-/m1/s1. The molecule has 1 fully saturated rings. The molecule has 0 spiro atoms. The Morgan fingerprint density at radius 3 is 2.79 bits per heavy atom. The molecule has 1 aliphatic rings. The minimum atomic E-state index is -3.34. The van der Waals surface area contributed by atoms with Crippen LogP contribution in [0.15, 0.2) is 11.4 Å². The van der Waals surface area contributed by atoms with Crippen molar-refractivity contribution in [1.29, 1.82) is 0 Å². The molecular formula is C21H39N3O3S. The molecule has 0 amide bonds. The Balaban J connectivity index is 2.14. The molecule has 1 aromatic rings. The van der Waals surface area contributed by atoms with Gasteiger partial charge in [0.15, 0.2) is 0 Å². The lowest BCUT2D eigenvalue weighted by Crippen LogP contribution is -2.37. The number of piperidine rings is 1. The van der Waals surface area contributed by atoms with Gasteiger partial charge >= 0.3 is 0 Å². The largest absolute Gasteiger partial charge is 0.384 e. The van der Waals surface area contributed by atoms with Crippen LogP contribution in [0.2, 0.25) is 0 Å². The van der Waals surface area contributed by atoms with Gasteiger partial charge in [0.2, 0.25) is 15.0 Å².